The average molecular weight is 298 g/mol. The van der Waals surface area contributed by atoms with Gasteiger partial charge in [-0.2, -0.15) is 0 Å². The van der Waals surface area contributed by atoms with E-state index in [0.29, 0.717) is 13.2 Å². The number of carboxylic acids is 1. The topological polar surface area (TPSA) is 78.9 Å². The molecule has 6 heteroatoms. The standard InChI is InChI=1S/C15H26N2O4/c1-14(2,12(18)19)15(3,4)16-13(20)17-8-9-21-11-7-5-6-10(11)17/h10-11H,5-9H2,1-4H3,(H,16,20)(H,18,19). The zero-order valence-corrected chi connectivity index (χ0v) is 13.3. The minimum Gasteiger partial charge on any atom is -0.481 e. The Morgan fingerprint density at radius 1 is 1.24 bits per heavy atom. The molecule has 0 spiro atoms. The average Bonchev–Trinajstić information content (AvgIpc) is 2.85. The summed E-state index contributed by atoms with van der Waals surface area (Å²) in [5, 5.41) is 12.3. The maximum Gasteiger partial charge on any atom is 0.318 e. The van der Waals surface area contributed by atoms with Crippen molar-refractivity contribution >= 4 is 12.0 Å². The number of carbonyl (C=O) groups is 2. The summed E-state index contributed by atoms with van der Waals surface area (Å²) < 4.78 is 5.70. The first-order chi connectivity index (χ1) is 9.67. The third-order valence-corrected chi connectivity index (χ3v) is 5.26. The molecule has 1 aliphatic heterocycles. The van der Waals surface area contributed by atoms with E-state index in [9.17, 15) is 14.7 Å². The number of carbonyl (C=O) groups excluding carboxylic acids is 1. The molecular weight excluding hydrogens is 272 g/mol. The smallest absolute Gasteiger partial charge is 0.318 e. The molecule has 1 saturated carbocycles. The molecule has 1 saturated heterocycles. The molecule has 2 atom stereocenters. The number of urea groups is 1. The molecule has 0 aromatic rings. The lowest BCUT2D eigenvalue weighted by Gasteiger charge is -2.43. The van der Waals surface area contributed by atoms with Gasteiger partial charge in [0, 0.05) is 6.54 Å². The van der Waals surface area contributed by atoms with Crippen molar-refractivity contribution < 1.29 is 19.4 Å². The van der Waals surface area contributed by atoms with Crippen LogP contribution in [0.3, 0.4) is 0 Å². The number of carboxylic acid groups (broad SMARTS) is 1. The zero-order valence-electron chi connectivity index (χ0n) is 13.3. The van der Waals surface area contributed by atoms with Crippen LogP contribution in [0, 0.1) is 5.41 Å². The highest BCUT2D eigenvalue weighted by atomic mass is 16.5. The largest absolute Gasteiger partial charge is 0.481 e. The van der Waals surface area contributed by atoms with Gasteiger partial charge in [0.2, 0.25) is 0 Å². The molecule has 0 aromatic carbocycles. The van der Waals surface area contributed by atoms with Crippen molar-refractivity contribution in [3.8, 4) is 0 Å². The quantitative estimate of drug-likeness (QED) is 0.833. The minimum absolute atomic E-state index is 0.127. The van der Waals surface area contributed by atoms with Crippen LogP contribution in [0.2, 0.25) is 0 Å². The van der Waals surface area contributed by atoms with Gasteiger partial charge in [-0.1, -0.05) is 0 Å². The maximum atomic E-state index is 12.6. The van der Waals surface area contributed by atoms with Crippen LogP contribution in [-0.2, 0) is 9.53 Å². The van der Waals surface area contributed by atoms with Crippen LogP contribution < -0.4 is 5.32 Å². The summed E-state index contributed by atoms with van der Waals surface area (Å²) in [4.78, 5) is 25.8. The van der Waals surface area contributed by atoms with Gasteiger partial charge in [0.25, 0.3) is 0 Å². The number of ether oxygens (including phenoxy) is 1. The normalized spacial score (nSPS) is 26.4. The van der Waals surface area contributed by atoms with Crippen molar-refractivity contribution in [1.29, 1.82) is 0 Å². The summed E-state index contributed by atoms with van der Waals surface area (Å²) in [5.41, 5.74) is -1.90. The second-order valence-corrected chi connectivity index (χ2v) is 7.09. The molecule has 2 fully saturated rings. The molecule has 2 unspecified atom stereocenters. The summed E-state index contributed by atoms with van der Waals surface area (Å²) in [6.07, 6.45) is 3.17. The number of rotatable bonds is 3. The Bertz CT molecular complexity index is 433. The summed E-state index contributed by atoms with van der Waals surface area (Å²) in [5.74, 6) is -0.923. The lowest BCUT2D eigenvalue weighted by atomic mass is 9.74. The molecule has 6 nitrogen and oxygen atoms in total. The highest BCUT2D eigenvalue weighted by Gasteiger charge is 2.46. The number of hydrogen-bond donors (Lipinski definition) is 2. The molecule has 0 radical (unpaired) electrons. The van der Waals surface area contributed by atoms with E-state index in [1.165, 1.54) is 0 Å². The molecule has 2 aliphatic rings. The van der Waals surface area contributed by atoms with Gasteiger partial charge in [-0.15, -0.1) is 0 Å². The maximum absolute atomic E-state index is 12.6. The summed E-state index contributed by atoms with van der Waals surface area (Å²) in [6, 6.07) is -0.0583. The summed E-state index contributed by atoms with van der Waals surface area (Å²) in [7, 11) is 0. The Morgan fingerprint density at radius 2 is 1.90 bits per heavy atom. The number of nitrogens with one attached hydrogen (secondary N) is 1. The Labute approximate surface area is 125 Å². The number of amides is 2. The van der Waals surface area contributed by atoms with Gasteiger partial charge in [-0.25, -0.2) is 4.79 Å². The van der Waals surface area contributed by atoms with Gasteiger partial charge in [0.15, 0.2) is 0 Å². The highest BCUT2D eigenvalue weighted by molar-refractivity contribution is 5.80. The molecule has 2 N–H and O–H groups in total. The van der Waals surface area contributed by atoms with Gasteiger partial charge in [-0.3, -0.25) is 4.79 Å². The third-order valence-electron chi connectivity index (χ3n) is 5.26. The predicted molar refractivity (Wildman–Crippen MR) is 78.1 cm³/mol. The van der Waals surface area contributed by atoms with Crippen molar-refractivity contribution in [1.82, 2.24) is 10.2 Å². The Morgan fingerprint density at radius 3 is 2.52 bits per heavy atom. The van der Waals surface area contributed by atoms with E-state index < -0.39 is 16.9 Å². The summed E-state index contributed by atoms with van der Waals surface area (Å²) in [6.45, 7) is 7.89. The van der Waals surface area contributed by atoms with Crippen molar-refractivity contribution in [3.05, 3.63) is 0 Å². The van der Waals surface area contributed by atoms with Gasteiger partial charge < -0.3 is 20.1 Å². The first-order valence-corrected chi connectivity index (χ1v) is 7.60. The molecule has 21 heavy (non-hydrogen) atoms. The number of aliphatic carboxylic acids is 1. The van der Waals surface area contributed by atoms with Gasteiger partial charge in [0.1, 0.15) is 0 Å². The first kappa shape index (κ1) is 16.1. The van der Waals surface area contributed by atoms with E-state index in [4.69, 9.17) is 4.74 Å². The fourth-order valence-electron chi connectivity index (χ4n) is 2.94. The Kier molecular flexibility index (Phi) is 4.19. The number of hydrogen-bond acceptors (Lipinski definition) is 3. The predicted octanol–water partition coefficient (Wildman–Crippen LogP) is 1.84. The van der Waals surface area contributed by atoms with Crippen LogP contribution in [-0.4, -0.2) is 52.8 Å². The van der Waals surface area contributed by atoms with Gasteiger partial charge in [0.05, 0.1) is 29.7 Å². The molecule has 2 amide bonds. The molecule has 0 bridgehead atoms. The second-order valence-electron chi connectivity index (χ2n) is 7.09. The van der Waals surface area contributed by atoms with Crippen LogP contribution >= 0.6 is 0 Å². The van der Waals surface area contributed by atoms with E-state index in [1.54, 1.807) is 27.7 Å². The van der Waals surface area contributed by atoms with Crippen molar-refractivity contribution in [2.75, 3.05) is 13.2 Å². The van der Waals surface area contributed by atoms with E-state index in [2.05, 4.69) is 5.32 Å². The van der Waals surface area contributed by atoms with E-state index >= 15 is 0 Å². The fourth-order valence-corrected chi connectivity index (χ4v) is 2.94. The first-order valence-electron chi connectivity index (χ1n) is 7.60. The van der Waals surface area contributed by atoms with E-state index in [0.717, 1.165) is 19.3 Å². The molecule has 120 valence electrons. The van der Waals surface area contributed by atoms with Crippen LogP contribution in [0.15, 0.2) is 0 Å². The van der Waals surface area contributed by atoms with Gasteiger partial charge >= 0.3 is 12.0 Å². The highest BCUT2D eigenvalue weighted by Crippen LogP contribution is 2.33. The summed E-state index contributed by atoms with van der Waals surface area (Å²) >= 11 is 0. The second kappa shape index (κ2) is 5.48. The minimum atomic E-state index is -1.05. The van der Waals surface area contributed by atoms with Gasteiger partial charge in [-0.05, 0) is 47.0 Å². The number of fused-ring (bicyclic) bond motifs is 1. The van der Waals surface area contributed by atoms with Crippen molar-refractivity contribution in [2.24, 2.45) is 5.41 Å². The van der Waals surface area contributed by atoms with E-state index in [-0.39, 0.29) is 18.2 Å². The fraction of sp³-hybridized carbons (Fsp3) is 0.867. The number of morpholine rings is 1. The third kappa shape index (κ3) is 2.86. The van der Waals surface area contributed by atoms with E-state index in [1.807, 2.05) is 4.90 Å². The SMILES string of the molecule is CC(C)(NC(=O)N1CCOC2CCCC21)C(C)(C)C(=O)O. The van der Waals surface area contributed by atoms with Crippen LogP contribution in [0.5, 0.6) is 0 Å². The molecule has 1 aliphatic carbocycles. The van der Waals surface area contributed by atoms with Crippen LogP contribution in [0.1, 0.15) is 47.0 Å². The lowest BCUT2D eigenvalue weighted by molar-refractivity contribution is -0.150. The molecule has 2 rings (SSSR count). The van der Waals surface area contributed by atoms with Crippen LogP contribution in [0.4, 0.5) is 4.79 Å². The Hall–Kier alpha value is -1.30. The molecule has 1 heterocycles. The van der Waals surface area contributed by atoms with Crippen molar-refractivity contribution in [3.63, 3.8) is 0 Å². The Balaban J connectivity index is 2.08. The zero-order chi connectivity index (χ0) is 15.8. The lowest BCUT2D eigenvalue weighted by Crippen LogP contribution is -2.62. The number of nitrogens with zero attached hydrogens (tertiary/aromatic N) is 1. The van der Waals surface area contributed by atoms with Crippen LogP contribution in [0.25, 0.3) is 0 Å². The molecule has 0 aromatic heterocycles. The monoisotopic (exact) mass is 298 g/mol. The molecular formula is C15H26N2O4. The van der Waals surface area contributed by atoms with Crippen molar-refractivity contribution in [2.45, 2.75) is 64.6 Å².